The fraction of sp³-hybridized carbons (Fsp3) is 0.375. The van der Waals surface area contributed by atoms with Crippen LogP contribution in [0.25, 0.3) is 0 Å². The Kier molecular flexibility index (Phi) is 1.03. The summed E-state index contributed by atoms with van der Waals surface area (Å²) in [5.41, 5.74) is 2.58. The van der Waals surface area contributed by atoms with Crippen LogP contribution < -0.4 is 10.2 Å². The Morgan fingerprint density at radius 3 is 3.42 bits per heavy atom. The van der Waals surface area contributed by atoms with E-state index in [0.717, 1.165) is 25.6 Å². The maximum Gasteiger partial charge on any atom is 0.199 e. The van der Waals surface area contributed by atoms with E-state index < -0.39 is 0 Å². The van der Waals surface area contributed by atoms with Gasteiger partial charge in [-0.3, -0.25) is 0 Å². The standard InChI is InChI=1S/C8H10N4/c1-2-12-7-5-9-3-6(7)4-11-8(12)10-1/h3,5,9H,1-2,4H2,(H,10,11). The van der Waals surface area contributed by atoms with Gasteiger partial charge in [-0.1, -0.05) is 0 Å². The average molecular weight is 162 g/mol. The molecule has 4 nitrogen and oxygen atoms in total. The highest BCUT2D eigenvalue weighted by Crippen LogP contribution is 2.25. The van der Waals surface area contributed by atoms with Gasteiger partial charge in [-0.15, -0.1) is 0 Å². The summed E-state index contributed by atoms with van der Waals surface area (Å²) in [6.07, 6.45) is 4.06. The van der Waals surface area contributed by atoms with Crippen molar-refractivity contribution in [2.24, 2.45) is 4.99 Å². The highest BCUT2D eigenvalue weighted by Gasteiger charge is 2.25. The molecule has 1 aromatic heterocycles. The molecule has 0 radical (unpaired) electrons. The molecule has 4 heteroatoms. The zero-order valence-electron chi connectivity index (χ0n) is 6.67. The summed E-state index contributed by atoms with van der Waals surface area (Å²) in [5, 5.41) is 3.25. The van der Waals surface area contributed by atoms with E-state index in [1.165, 1.54) is 11.3 Å². The van der Waals surface area contributed by atoms with Crippen LogP contribution in [0.5, 0.6) is 0 Å². The first-order valence-electron chi connectivity index (χ1n) is 4.17. The van der Waals surface area contributed by atoms with E-state index in [4.69, 9.17) is 0 Å². The van der Waals surface area contributed by atoms with Crippen molar-refractivity contribution in [1.29, 1.82) is 0 Å². The van der Waals surface area contributed by atoms with E-state index in [1.807, 2.05) is 12.4 Å². The maximum absolute atomic E-state index is 4.42. The van der Waals surface area contributed by atoms with Crippen molar-refractivity contribution in [3.8, 4) is 0 Å². The van der Waals surface area contributed by atoms with Gasteiger partial charge in [0.15, 0.2) is 5.96 Å². The van der Waals surface area contributed by atoms with Gasteiger partial charge in [0.05, 0.1) is 12.2 Å². The lowest BCUT2D eigenvalue weighted by Crippen LogP contribution is -2.32. The van der Waals surface area contributed by atoms with Crippen molar-refractivity contribution in [3.05, 3.63) is 18.0 Å². The van der Waals surface area contributed by atoms with E-state index in [9.17, 15) is 0 Å². The molecular formula is C8H10N4. The molecule has 0 amide bonds. The zero-order chi connectivity index (χ0) is 7.97. The predicted molar refractivity (Wildman–Crippen MR) is 47.3 cm³/mol. The van der Waals surface area contributed by atoms with Crippen LogP contribution in [0, 0.1) is 0 Å². The van der Waals surface area contributed by atoms with Crippen LogP contribution in [-0.4, -0.2) is 24.0 Å². The normalized spacial score (nSPS) is 19.7. The molecule has 0 bridgehead atoms. The number of guanidine groups is 1. The lowest BCUT2D eigenvalue weighted by molar-refractivity contribution is 0.974. The maximum atomic E-state index is 4.42. The van der Waals surface area contributed by atoms with Gasteiger partial charge >= 0.3 is 0 Å². The van der Waals surface area contributed by atoms with Crippen LogP contribution in [0.3, 0.4) is 0 Å². The number of H-pyrrole nitrogens is 1. The van der Waals surface area contributed by atoms with Crippen LogP contribution in [0.2, 0.25) is 0 Å². The molecule has 0 aliphatic carbocycles. The number of nitrogens with one attached hydrogen (secondary N) is 2. The van der Waals surface area contributed by atoms with Gasteiger partial charge in [0.25, 0.3) is 0 Å². The van der Waals surface area contributed by atoms with Crippen molar-refractivity contribution in [1.82, 2.24) is 10.3 Å². The summed E-state index contributed by atoms with van der Waals surface area (Å²) >= 11 is 0. The number of nitrogens with zero attached hydrogens (tertiary/aromatic N) is 2. The van der Waals surface area contributed by atoms with E-state index >= 15 is 0 Å². The highest BCUT2D eigenvalue weighted by molar-refractivity contribution is 5.99. The van der Waals surface area contributed by atoms with Crippen molar-refractivity contribution in [3.63, 3.8) is 0 Å². The Morgan fingerprint density at radius 1 is 1.42 bits per heavy atom. The van der Waals surface area contributed by atoms with Gasteiger partial charge in [-0.05, 0) is 0 Å². The van der Waals surface area contributed by atoms with Gasteiger partial charge in [0, 0.05) is 31.0 Å². The molecule has 2 aliphatic heterocycles. The molecule has 0 unspecified atom stereocenters. The van der Waals surface area contributed by atoms with Gasteiger partial charge in [-0.25, -0.2) is 4.99 Å². The summed E-state index contributed by atoms with van der Waals surface area (Å²) in [4.78, 5) is 9.74. The molecule has 0 saturated carbocycles. The third-order valence-corrected chi connectivity index (χ3v) is 2.37. The van der Waals surface area contributed by atoms with Gasteiger partial charge in [0.2, 0.25) is 0 Å². The zero-order valence-corrected chi connectivity index (χ0v) is 6.67. The molecule has 0 spiro atoms. The minimum absolute atomic E-state index is 0.803. The molecule has 3 heterocycles. The molecule has 0 aromatic carbocycles. The monoisotopic (exact) mass is 162 g/mol. The second-order valence-corrected chi connectivity index (χ2v) is 3.08. The summed E-state index contributed by atoms with van der Waals surface area (Å²) in [6.45, 7) is 2.84. The number of aliphatic imine (C=N–C) groups is 1. The van der Waals surface area contributed by atoms with Crippen LogP contribution in [0.15, 0.2) is 17.4 Å². The Morgan fingerprint density at radius 2 is 2.42 bits per heavy atom. The number of aromatic amines is 1. The fourth-order valence-electron chi connectivity index (χ4n) is 1.78. The lowest BCUT2D eigenvalue weighted by Gasteiger charge is -2.21. The first-order chi connectivity index (χ1) is 5.95. The van der Waals surface area contributed by atoms with Crippen molar-refractivity contribution < 1.29 is 0 Å². The Bertz CT molecular complexity index is 339. The SMILES string of the molecule is c1[nH]cc2c1CN=C1NCCN12. The van der Waals surface area contributed by atoms with Gasteiger partial charge < -0.3 is 15.2 Å². The third-order valence-electron chi connectivity index (χ3n) is 2.37. The molecule has 2 aliphatic rings. The molecular weight excluding hydrogens is 152 g/mol. The largest absolute Gasteiger partial charge is 0.365 e. The topological polar surface area (TPSA) is 43.4 Å². The summed E-state index contributed by atoms with van der Waals surface area (Å²) in [6, 6.07) is 0. The summed E-state index contributed by atoms with van der Waals surface area (Å²) < 4.78 is 0. The molecule has 12 heavy (non-hydrogen) atoms. The van der Waals surface area contributed by atoms with Crippen LogP contribution in [-0.2, 0) is 6.54 Å². The van der Waals surface area contributed by atoms with Crippen molar-refractivity contribution in [2.75, 3.05) is 18.0 Å². The number of aromatic nitrogens is 1. The Balaban J connectivity index is 2.12. The lowest BCUT2D eigenvalue weighted by atomic mass is 10.2. The Labute approximate surface area is 70.3 Å². The third kappa shape index (κ3) is 0.642. The van der Waals surface area contributed by atoms with Crippen LogP contribution in [0.1, 0.15) is 5.56 Å². The van der Waals surface area contributed by atoms with Gasteiger partial charge in [0.1, 0.15) is 0 Å². The second-order valence-electron chi connectivity index (χ2n) is 3.08. The number of fused-ring (bicyclic) bond motifs is 3. The quantitative estimate of drug-likeness (QED) is 0.576. The molecule has 3 rings (SSSR count). The number of hydrogen-bond donors (Lipinski definition) is 2. The average Bonchev–Trinajstić information content (AvgIpc) is 2.71. The predicted octanol–water partition coefficient (Wildman–Crippen LogP) is 0.294. The first-order valence-corrected chi connectivity index (χ1v) is 4.17. The number of anilines is 1. The molecule has 2 N–H and O–H groups in total. The smallest absolute Gasteiger partial charge is 0.199 e. The molecule has 1 saturated heterocycles. The minimum Gasteiger partial charge on any atom is -0.365 e. The molecule has 0 atom stereocenters. The number of rotatable bonds is 0. The van der Waals surface area contributed by atoms with E-state index in [1.54, 1.807) is 0 Å². The highest BCUT2D eigenvalue weighted by atomic mass is 15.4. The van der Waals surface area contributed by atoms with Gasteiger partial charge in [-0.2, -0.15) is 0 Å². The summed E-state index contributed by atoms with van der Waals surface area (Å²) in [7, 11) is 0. The van der Waals surface area contributed by atoms with Crippen LogP contribution in [0.4, 0.5) is 5.69 Å². The van der Waals surface area contributed by atoms with Crippen molar-refractivity contribution >= 4 is 11.6 Å². The second kappa shape index (κ2) is 2.03. The molecule has 62 valence electrons. The van der Waals surface area contributed by atoms with E-state index in [2.05, 4.69) is 20.2 Å². The first kappa shape index (κ1) is 6.11. The van der Waals surface area contributed by atoms with Crippen molar-refractivity contribution in [2.45, 2.75) is 6.54 Å². The molecule has 1 fully saturated rings. The van der Waals surface area contributed by atoms with E-state index in [0.29, 0.717) is 0 Å². The van der Waals surface area contributed by atoms with Crippen LogP contribution >= 0.6 is 0 Å². The Hall–Kier alpha value is -1.45. The fourth-order valence-corrected chi connectivity index (χ4v) is 1.78. The minimum atomic E-state index is 0.803. The van der Waals surface area contributed by atoms with E-state index in [-0.39, 0.29) is 0 Å². The molecule has 1 aromatic rings. The number of hydrogen-bond acceptors (Lipinski definition) is 3. The summed E-state index contributed by atoms with van der Waals surface area (Å²) in [5.74, 6) is 1.03.